The molecule has 0 radical (unpaired) electrons. The predicted octanol–water partition coefficient (Wildman–Crippen LogP) is 2.40. The highest BCUT2D eigenvalue weighted by molar-refractivity contribution is 7.89. The van der Waals surface area contributed by atoms with Crippen molar-refractivity contribution in [1.82, 2.24) is 4.31 Å². The van der Waals surface area contributed by atoms with Crippen molar-refractivity contribution in [3.63, 3.8) is 0 Å². The van der Waals surface area contributed by atoms with Crippen LogP contribution in [0.2, 0.25) is 0 Å². The van der Waals surface area contributed by atoms with Gasteiger partial charge in [-0.15, -0.1) is 0 Å². The Labute approximate surface area is 183 Å². The minimum Gasteiger partial charge on any atom is -0.465 e. The predicted molar refractivity (Wildman–Crippen MR) is 113 cm³/mol. The van der Waals surface area contributed by atoms with Crippen LogP contribution in [0.3, 0.4) is 0 Å². The van der Waals surface area contributed by atoms with Crippen LogP contribution in [0.5, 0.6) is 0 Å². The summed E-state index contributed by atoms with van der Waals surface area (Å²) in [7, 11) is -8.20. The number of carbonyl (C=O) groups excluding carboxylic acids is 1. The van der Waals surface area contributed by atoms with Gasteiger partial charge in [-0.05, 0) is 45.0 Å². The molecule has 168 valence electrons. The van der Waals surface area contributed by atoms with Crippen LogP contribution in [0.1, 0.15) is 24.5 Å². The number of sulfonamides is 1. The molecule has 1 heterocycles. The van der Waals surface area contributed by atoms with Crippen molar-refractivity contribution in [2.24, 2.45) is 0 Å². The van der Waals surface area contributed by atoms with E-state index in [1.807, 2.05) is 13.8 Å². The molecular formula is C21H25NO7S2. The molecular weight excluding hydrogens is 442 g/mol. The third-order valence-corrected chi connectivity index (χ3v) is 8.24. The average Bonchev–Trinajstić information content (AvgIpc) is 3.13. The van der Waals surface area contributed by atoms with Gasteiger partial charge < -0.3 is 4.74 Å². The molecule has 2 atom stereocenters. The van der Waals surface area contributed by atoms with E-state index in [0.29, 0.717) is 0 Å². The first-order valence-electron chi connectivity index (χ1n) is 9.79. The minimum atomic E-state index is -4.13. The molecule has 0 amide bonds. The second-order valence-electron chi connectivity index (χ2n) is 7.38. The first-order valence-corrected chi connectivity index (χ1v) is 12.6. The SMILES string of the molecule is CCOC(=O)[C@@H]1CC(OS(=O)(=O)c2ccc(C)cc2)CN1S(=O)(=O)c1ccc(C)cc1. The fraction of sp³-hybridized carbons (Fsp3) is 0.381. The van der Waals surface area contributed by atoms with Gasteiger partial charge in [-0.3, -0.25) is 8.98 Å². The molecule has 0 spiro atoms. The maximum Gasteiger partial charge on any atom is 0.324 e. The van der Waals surface area contributed by atoms with Gasteiger partial charge in [-0.25, -0.2) is 8.42 Å². The molecule has 1 aliphatic rings. The maximum absolute atomic E-state index is 13.2. The third kappa shape index (κ3) is 5.15. The van der Waals surface area contributed by atoms with Crippen LogP contribution in [0.15, 0.2) is 58.3 Å². The quantitative estimate of drug-likeness (QED) is 0.455. The first kappa shape index (κ1) is 23.4. The van der Waals surface area contributed by atoms with Gasteiger partial charge in [0, 0.05) is 13.0 Å². The average molecular weight is 468 g/mol. The first-order chi connectivity index (χ1) is 14.5. The summed E-state index contributed by atoms with van der Waals surface area (Å²) in [6, 6.07) is 11.1. The van der Waals surface area contributed by atoms with Crippen molar-refractivity contribution < 1.29 is 30.6 Å². The van der Waals surface area contributed by atoms with Crippen LogP contribution in [0.4, 0.5) is 0 Å². The lowest BCUT2D eigenvalue weighted by molar-refractivity contribution is -0.147. The summed E-state index contributed by atoms with van der Waals surface area (Å²) < 4.78 is 63.0. The van der Waals surface area contributed by atoms with Gasteiger partial charge in [0.05, 0.1) is 22.5 Å². The van der Waals surface area contributed by atoms with E-state index < -0.39 is 38.3 Å². The summed E-state index contributed by atoms with van der Waals surface area (Å²) in [5.41, 5.74) is 1.77. The maximum atomic E-state index is 13.2. The Kier molecular flexibility index (Phi) is 6.85. The van der Waals surface area contributed by atoms with E-state index >= 15 is 0 Å². The van der Waals surface area contributed by atoms with Gasteiger partial charge in [0.25, 0.3) is 10.1 Å². The second-order valence-corrected chi connectivity index (χ2v) is 10.8. The Balaban J connectivity index is 1.89. The lowest BCUT2D eigenvalue weighted by Crippen LogP contribution is -2.41. The van der Waals surface area contributed by atoms with Gasteiger partial charge in [-0.2, -0.15) is 12.7 Å². The minimum absolute atomic E-state index is 0.00874. The number of rotatable bonds is 7. The molecule has 0 aliphatic carbocycles. The Morgan fingerprint density at radius 2 is 1.45 bits per heavy atom. The third-order valence-electron chi connectivity index (χ3n) is 4.98. The Hall–Kier alpha value is -2.27. The van der Waals surface area contributed by atoms with E-state index in [1.54, 1.807) is 31.2 Å². The number of benzene rings is 2. The summed E-state index contributed by atoms with van der Waals surface area (Å²) in [5.74, 6) is -0.739. The van der Waals surface area contributed by atoms with Crippen molar-refractivity contribution in [1.29, 1.82) is 0 Å². The summed E-state index contributed by atoms with van der Waals surface area (Å²) in [4.78, 5) is 12.4. The van der Waals surface area contributed by atoms with Crippen LogP contribution in [-0.2, 0) is 33.9 Å². The second kappa shape index (κ2) is 9.07. The normalized spacial score (nSPS) is 20.0. The molecule has 1 unspecified atom stereocenters. The van der Waals surface area contributed by atoms with Crippen LogP contribution in [0, 0.1) is 13.8 Å². The molecule has 10 heteroatoms. The molecule has 0 saturated carbocycles. The zero-order valence-electron chi connectivity index (χ0n) is 17.5. The lowest BCUT2D eigenvalue weighted by Gasteiger charge is -2.22. The molecule has 31 heavy (non-hydrogen) atoms. The zero-order valence-corrected chi connectivity index (χ0v) is 19.1. The van der Waals surface area contributed by atoms with Crippen LogP contribution >= 0.6 is 0 Å². The molecule has 0 aromatic heterocycles. The number of nitrogens with zero attached hydrogens (tertiary/aromatic N) is 1. The standard InChI is InChI=1S/C21H25NO7S2/c1-4-28-21(23)20-13-17(29-31(26,27)19-11-7-16(3)8-12-19)14-22(20)30(24,25)18-9-5-15(2)6-10-18/h5-12,17,20H,4,13-14H2,1-3H3/t17?,20-/m0/s1. The van der Waals surface area contributed by atoms with Gasteiger partial charge in [0.1, 0.15) is 6.04 Å². The fourth-order valence-electron chi connectivity index (χ4n) is 3.34. The Morgan fingerprint density at radius 3 is 1.97 bits per heavy atom. The monoisotopic (exact) mass is 467 g/mol. The van der Waals surface area contributed by atoms with Crippen molar-refractivity contribution in [3.8, 4) is 0 Å². The van der Waals surface area contributed by atoms with Crippen molar-refractivity contribution in [2.75, 3.05) is 13.2 Å². The molecule has 8 nitrogen and oxygen atoms in total. The van der Waals surface area contributed by atoms with Crippen molar-refractivity contribution in [3.05, 3.63) is 59.7 Å². The summed E-state index contributed by atoms with van der Waals surface area (Å²) in [6.07, 6.45) is -1.16. The topological polar surface area (TPSA) is 107 Å². The van der Waals surface area contributed by atoms with Gasteiger partial charge in [-0.1, -0.05) is 35.4 Å². The smallest absolute Gasteiger partial charge is 0.324 e. The summed E-state index contributed by atoms with van der Waals surface area (Å²) in [5, 5.41) is 0. The molecule has 0 bridgehead atoms. The molecule has 1 aliphatic heterocycles. The van der Waals surface area contributed by atoms with E-state index in [9.17, 15) is 21.6 Å². The number of carbonyl (C=O) groups is 1. The zero-order chi connectivity index (χ0) is 22.8. The van der Waals surface area contributed by atoms with Crippen molar-refractivity contribution in [2.45, 2.75) is 49.1 Å². The summed E-state index contributed by atoms with van der Waals surface area (Å²) >= 11 is 0. The number of hydrogen-bond acceptors (Lipinski definition) is 7. The molecule has 2 aromatic carbocycles. The van der Waals surface area contributed by atoms with Gasteiger partial charge in [0.15, 0.2) is 0 Å². The van der Waals surface area contributed by atoms with E-state index in [0.717, 1.165) is 15.4 Å². The lowest BCUT2D eigenvalue weighted by atomic mass is 10.2. The highest BCUT2D eigenvalue weighted by atomic mass is 32.2. The molecule has 3 rings (SSSR count). The van der Waals surface area contributed by atoms with Crippen LogP contribution < -0.4 is 0 Å². The van der Waals surface area contributed by atoms with Crippen molar-refractivity contribution >= 4 is 26.1 Å². The highest BCUT2D eigenvalue weighted by Crippen LogP contribution is 2.30. The molecule has 1 fully saturated rings. The molecule has 0 N–H and O–H groups in total. The number of aryl methyl sites for hydroxylation is 2. The van der Waals surface area contributed by atoms with Crippen LogP contribution in [0.25, 0.3) is 0 Å². The van der Waals surface area contributed by atoms with E-state index in [1.165, 1.54) is 24.3 Å². The Bertz CT molecular complexity index is 1140. The van der Waals surface area contributed by atoms with E-state index in [4.69, 9.17) is 8.92 Å². The van der Waals surface area contributed by atoms with Gasteiger partial charge >= 0.3 is 5.97 Å². The molecule has 2 aromatic rings. The number of ether oxygens (including phenoxy) is 1. The molecule has 1 saturated heterocycles. The fourth-order valence-corrected chi connectivity index (χ4v) is 6.04. The largest absolute Gasteiger partial charge is 0.465 e. The number of esters is 1. The summed E-state index contributed by atoms with van der Waals surface area (Å²) in [6.45, 7) is 5.05. The van der Waals surface area contributed by atoms with E-state index in [2.05, 4.69) is 0 Å². The Morgan fingerprint density at radius 1 is 0.935 bits per heavy atom. The number of hydrogen-bond donors (Lipinski definition) is 0. The van der Waals surface area contributed by atoms with Crippen LogP contribution in [-0.4, -0.2) is 52.4 Å². The van der Waals surface area contributed by atoms with E-state index in [-0.39, 0.29) is 29.4 Å². The highest BCUT2D eigenvalue weighted by Gasteiger charge is 2.46. The van der Waals surface area contributed by atoms with Gasteiger partial charge in [0.2, 0.25) is 10.0 Å².